The molecule has 14 rings (SSSR count). The molecular formula is C60H35NO2. The number of furan rings is 2. The van der Waals surface area contributed by atoms with Crippen molar-refractivity contribution in [1.82, 2.24) is 4.57 Å². The Kier molecular flexibility index (Phi) is 7.11. The number of hydrogen-bond acceptors (Lipinski definition) is 2. The second-order valence-electron chi connectivity index (χ2n) is 16.7. The zero-order valence-electron chi connectivity index (χ0n) is 34.0. The summed E-state index contributed by atoms with van der Waals surface area (Å²) in [7, 11) is 0. The van der Waals surface area contributed by atoms with Crippen LogP contribution in [0.5, 0.6) is 0 Å². The number of para-hydroxylation sites is 3. The summed E-state index contributed by atoms with van der Waals surface area (Å²) in [6.07, 6.45) is 0. The lowest BCUT2D eigenvalue weighted by molar-refractivity contribution is 0.632. The number of aromatic nitrogens is 1. The molecule has 3 nitrogen and oxygen atoms in total. The fourth-order valence-corrected chi connectivity index (χ4v) is 10.6. The molecule has 0 aliphatic rings. The van der Waals surface area contributed by atoms with Gasteiger partial charge in [-0.05, 0) is 96.5 Å². The topological polar surface area (TPSA) is 31.2 Å². The number of rotatable bonds is 5. The van der Waals surface area contributed by atoms with E-state index in [-0.39, 0.29) is 0 Å². The third-order valence-electron chi connectivity index (χ3n) is 13.4. The first-order valence-electron chi connectivity index (χ1n) is 21.6. The zero-order valence-corrected chi connectivity index (χ0v) is 34.0. The van der Waals surface area contributed by atoms with Gasteiger partial charge in [-0.1, -0.05) is 170 Å². The van der Waals surface area contributed by atoms with Crippen LogP contribution >= 0.6 is 0 Å². The largest absolute Gasteiger partial charge is 0.456 e. The quantitative estimate of drug-likeness (QED) is 0.162. The molecule has 3 heteroatoms. The van der Waals surface area contributed by atoms with Crippen molar-refractivity contribution in [1.29, 1.82) is 0 Å². The van der Waals surface area contributed by atoms with Crippen molar-refractivity contribution in [2.45, 2.75) is 0 Å². The van der Waals surface area contributed by atoms with Crippen LogP contribution in [0, 0.1) is 0 Å². The molecule has 3 aromatic heterocycles. The predicted octanol–water partition coefficient (Wildman–Crippen LogP) is 17.0. The molecule has 0 saturated carbocycles. The van der Waals surface area contributed by atoms with Crippen LogP contribution in [0.2, 0.25) is 0 Å². The van der Waals surface area contributed by atoms with Crippen LogP contribution in [0.25, 0.3) is 137 Å². The molecule has 11 aromatic carbocycles. The van der Waals surface area contributed by atoms with Crippen molar-refractivity contribution >= 4 is 87.0 Å². The van der Waals surface area contributed by atoms with Gasteiger partial charge in [0, 0.05) is 49.8 Å². The summed E-state index contributed by atoms with van der Waals surface area (Å²) in [6.45, 7) is 0. The van der Waals surface area contributed by atoms with Gasteiger partial charge >= 0.3 is 0 Å². The molecule has 0 bridgehead atoms. The summed E-state index contributed by atoms with van der Waals surface area (Å²) in [5.41, 5.74) is 14.2. The van der Waals surface area contributed by atoms with Gasteiger partial charge < -0.3 is 13.4 Å². The van der Waals surface area contributed by atoms with Gasteiger partial charge in [0.25, 0.3) is 0 Å². The SMILES string of the molecule is c1ccc(-c2oc3ccccc3c2-c2ccc(-c3ccc4ccc5c(-c6cccc7oc8cc9c(cc8c67)c6ccccc6n9-c6ccccc6)ccc6ccc3c4c65)cc2)cc1. The van der Waals surface area contributed by atoms with E-state index in [0.29, 0.717) is 0 Å². The fourth-order valence-electron chi connectivity index (χ4n) is 10.6. The Morgan fingerprint density at radius 1 is 0.302 bits per heavy atom. The van der Waals surface area contributed by atoms with Crippen molar-refractivity contribution in [3.05, 3.63) is 212 Å². The minimum absolute atomic E-state index is 0.885. The molecule has 0 spiro atoms. The molecule has 3 heterocycles. The van der Waals surface area contributed by atoms with Crippen molar-refractivity contribution in [3.63, 3.8) is 0 Å². The van der Waals surface area contributed by atoms with Crippen molar-refractivity contribution in [3.8, 4) is 50.4 Å². The monoisotopic (exact) mass is 801 g/mol. The number of hydrogen-bond donors (Lipinski definition) is 0. The van der Waals surface area contributed by atoms with Crippen LogP contribution in [-0.2, 0) is 0 Å². The van der Waals surface area contributed by atoms with E-state index in [9.17, 15) is 0 Å². The Hall–Kier alpha value is -8.40. The highest BCUT2D eigenvalue weighted by Crippen LogP contribution is 2.47. The van der Waals surface area contributed by atoms with E-state index < -0.39 is 0 Å². The molecule has 0 unspecified atom stereocenters. The summed E-state index contributed by atoms with van der Waals surface area (Å²) in [5.74, 6) is 0.895. The molecule has 0 fully saturated rings. The van der Waals surface area contributed by atoms with Gasteiger partial charge in [0.2, 0.25) is 0 Å². The van der Waals surface area contributed by atoms with Crippen molar-refractivity contribution in [2.24, 2.45) is 0 Å². The Labute approximate surface area is 361 Å². The van der Waals surface area contributed by atoms with Gasteiger partial charge in [-0.15, -0.1) is 0 Å². The molecule has 63 heavy (non-hydrogen) atoms. The van der Waals surface area contributed by atoms with Gasteiger partial charge in [-0.2, -0.15) is 0 Å². The maximum absolute atomic E-state index is 6.76. The van der Waals surface area contributed by atoms with Crippen molar-refractivity contribution in [2.75, 3.05) is 0 Å². The van der Waals surface area contributed by atoms with E-state index in [1.807, 2.05) is 12.1 Å². The van der Waals surface area contributed by atoms with Gasteiger partial charge in [-0.3, -0.25) is 0 Å². The smallest absolute Gasteiger partial charge is 0.143 e. The molecule has 0 amide bonds. The molecule has 0 radical (unpaired) electrons. The Bertz CT molecular complexity index is 4110. The standard InChI is InChI=1S/C60H35NO2/c1-3-12-40(13-4-1)60-58(48-17-8-10-20-53(48)63-60)39-24-22-36(23-25-39)42-30-26-37-29-33-47-43(31-27-38-28-32-46(42)56(37)57(38)47)45-18-11-21-54-59(45)50-34-49-44-16-7-9-19-51(44)61(41-14-5-2-6-15-41)52(49)35-55(50)62-54/h1-35H. The predicted molar refractivity (Wildman–Crippen MR) is 263 cm³/mol. The van der Waals surface area contributed by atoms with Crippen LogP contribution < -0.4 is 0 Å². The average Bonchev–Trinajstić information content (AvgIpc) is 4.02. The highest BCUT2D eigenvalue weighted by Gasteiger charge is 2.22. The highest BCUT2D eigenvalue weighted by atomic mass is 16.3. The molecule has 0 aliphatic carbocycles. The Balaban J connectivity index is 0.937. The second-order valence-corrected chi connectivity index (χ2v) is 16.7. The maximum Gasteiger partial charge on any atom is 0.143 e. The summed E-state index contributed by atoms with van der Waals surface area (Å²) in [4.78, 5) is 0. The number of nitrogens with zero attached hydrogens (tertiary/aromatic N) is 1. The fraction of sp³-hybridized carbons (Fsp3) is 0. The van der Waals surface area contributed by atoms with Crippen LogP contribution in [0.4, 0.5) is 0 Å². The van der Waals surface area contributed by atoms with E-state index >= 15 is 0 Å². The van der Waals surface area contributed by atoms with E-state index in [1.165, 1.54) is 70.9 Å². The first kappa shape index (κ1) is 34.3. The lowest BCUT2D eigenvalue weighted by atomic mass is 9.86. The van der Waals surface area contributed by atoms with Crippen LogP contribution in [0.3, 0.4) is 0 Å². The van der Waals surface area contributed by atoms with Crippen LogP contribution in [0.15, 0.2) is 221 Å². The van der Waals surface area contributed by atoms with E-state index in [1.54, 1.807) is 0 Å². The summed E-state index contributed by atoms with van der Waals surface area (Å²) in [6, 6.07) is 76.6. The number of fused-ring (bicyclic) bond motifs is 7. The lowest BCUT2D eigenvalue weighted by Crippen LogP contribution is -1.92. The zero-order chi connectivity index (χ0) is 41.2. The third-order valence-corrected chi connectivity index (χ3v) is 13.4. The Morgan fingerprint density at radius 2 is 0.937 bits per heavy atom. The summed E-state index contributed by atoms with van der Waals surface area (Å²) < 4.78 is 15.6. The lowest BCUT2D eigenvalue weighted by Gasteiger charge is -2.17. The molecule has 14 aromatic rings. The van der Waals surface area contributed by atoms with Crippen molar-refractivity contribution < 1.29 is 8.83 Å². The number of benzene rings is 11. The summed E-state index contributed by atoms with van der Waals surface area (Å²) in [5, 5.41) is 13.4. The first-order valence-corrected chi connectivity index (χ1v) is 21.6. The van der Waals surface area contributed by atoms with Gasteiger partial charge in [0.1, 0.15) is 22.5 Å². The van der Waals surface area contributed by atoms with Crippen LogP contribution in [0.1, 0.15) is 0 Å². The van der Waals surface area contributed by atoms with E-state index in [0.717, 1.165) is 66.6 Å². The van der Waals surface area contributed by atoms with Gasteiger partial charge in [-0.25, -0.2) is 0 Å². The average molecular weight is 802 g/mol. The minimum atomic E-state index is 0.885. The Morgan fingerprint density at radius 3 is 1.73 bits per heavy atom. The first-order chi connectivity index (χ1) is 31.2. The molecular weight excluding hydrogens is 767 g/mol. The van der Waals surface area contributed by atoms with Gasteiger partial charge in [0.05, 0.1) is 11.0 Å². The van der Waals surface area contributed by atoms with E-state index in [2.05, 4.69) is 205 Å². The third kappa shape index (κ3) is 4.96. The molecule has 0 saturated heterocycles. The molecule has 292 valence electrons. The second kappa shape index (κ2) is 13.1. The molecule has 0 aliphatic heterocycles. The van der Waals surface area contributed by atoms with E-state index in [4.69, 9.17) is 8.83 Å². The molecule has 0 N–H and O–H groups in total. The minimum Gasteiger partial charge on any atom is -0.456 e. The summed E-state index contributed by atoms with van der Waals surface area (Å²) >= 11 is 0. The molecule has 0 atom stereocenters. The van der Waals surface area contributed by atoms with Crippen LogP contribution in [-0.4, -0.2) is 4.57 Å². The maximum atomic E-state index is 6.76. The van der Waals surface area contributed by atoms with Gasteiger partial charge in [0.15, 0.2) is 0 Å². The highest BCUT2D eigenvalue weighted by molar-refractivity contribution is 6.29. The normalized spacial score (nSPS) is 12.1.